The van der Waals surface area contributed by atoms with E-state index in [2.05, 4.69) is 5.32 Å². The number of Topliss-reactive ketones (excluding diaryl/α,β-unsaturated/α-hetero) is 1. The van der Waals surface area contributed by atoms with Crippen LogP contribution in [0.4, 0.5) is 0 Å². The summed E-state index contributed by atoms with van der Waals surface area (Å²) in [5.74, 6) is 0.633. The SMILES string of the molecule is CC(=O)C(NC(=O)CN(C)CCOc1ccc(Cl)cc1)C(C)C. The van der Waals surface area contributed by atoms with Gasteiger partial charge in [0, 0.05) is 11.6 Å². The normalized spacial score (nSPS) is 12.3. The number of nitrogens with one attached hydrogen (secondary N) is 1. The monoisotopic (exact) mass is 340 g/mol. The molecule has 1 aromatic carbocycles. The lowest BCUT2D eigenvalue weighted by molar-refractivity contribution is -0.128. The highest BCUT2D eigenvalue weighted by Gasteiger charge is 2.20. The van der Waals surface area contributed by atoms with Gasteiger partial charge >= 0.3 is 0 Å². The van der Waals surface area contributed by atoms with Crippen LogP contribution >= 0.6 is 11.6 Å². The maximum absolute atomic E-state index is 12.0. The Hall–Kier alpha value is -1.59. The van der Waals surface area contributed by atoms with Gasteiger partial charge in [-0.15, -0.1) is 0 Å². The first-order valence-corrected chi connectivity index (χ1v) is 8.04. The van der Waals surface area contributed by atoms with Crippen molar-refractivity contribution in [2.45, 2.75) is 26.8 Å². The Morgan fingerprint density at radius 3 is 2.39 bits per heavy atom. The van der Waals surface area contributed by atoms with Gasteiger partial charge in [-0.2, -0.15) is 0 Å². The van der Waals surface area contributed by atoms with Crippen molar-refractivity contribution < 1.29 is 14.3 Å². The minimum atomic E-state index is -0.429. The van der Waals surface area contributed by atoms with Gasteiger partial charge < -0.3 is 10.1 Å². The van der Waals surface area contributed by atoms with E-state index in [9.17, 15) is 9.59 Å². The Morgan fingerprint density at radius 2 is 1.87 bits per heavy atom. The highest BCUT2D eigenvalue weighted by molar-refractivity contribution is 6.30. The van der Waals surface area contributed by atoms with E-state index in [0.717, 1.165) is 5.75 Å². The average molecular weight is 341 g/mol. The standard InChI is InChI=1S/C17H25ClN2O3/c1-12(2)17(13(3)21)19-16(22)11-20(4)9-10-23-15-7-5-14(18)6-8-15/h5-8,12,17H,9-11H2,1-4H3,(H,19,22). The molecule has 1 N–H and O–H groups in total. The van der Waals surface area contributed by atoms with Gasteiger partial charge in [-0.25, -0.2) is 0 Å². The molecule has 0 aliphatic carbocycles. The summed E-state index contributed by atoms with van der Waals surface area (Å²) in [4.78, 5) is 25.3. The van der Waals surface area contributed by atoms with E-state index < -0.39 is 6.04 Å². The molecule has 0 aliphatic heterocycles. The largest absolute Gasteiger partial charge is 0.492 e. The minimum Gasteiger partial charge on any atom is -0.492 e. The lowest BCUT2D eigenvalue weighted by atomic mass is 10.0. The summed E-state index contributed by atoms with van der Waals surface area (Å²) in [6.45, 7) is 6.61. The first-order chi connectivity index (χ1) is 10.8. The second-order valence-corrected chi connectivity index (χ2v) is 6.38. The lowest BCUT2D eigenvalue weighted by Gasteiger charge is -2.22. The molecule has 0 saturated carbocycles. The van der Waals surface area contributed by atoms with Crippen molar-refractivity contribution in [2.24, 2.45) is 5.92 Å². The molecule has 1 atom stereocenters. The van der Waals surface area contributed by atoms with Gasteiger partial charge in [-0.3, -0.25) is 14.5 Å². The van der Waals surface area contributed by atoms with E-state index in [0.29, 0.717) is 18.2 Å². The minimum absolute atomic E-state index is 0.0259. The Bertz CT molecular complexity index is 517. The van der Waals surface area contributed by atoms with Gasteiger partial charge in [0.25, 0.3) is 0 Å². The third-order valence-electron chi connectivity index (χ3n) is 3.39. The second kappa shape index (κ2) is 9.53. The molecule has 0 spiro atoms. The van der Waals surface area contributed by atoms with Gasteiger partial charge in [0.2, 0.25) is 5.91 Å². The van der Waals surface area contributed by atoms with Gasteiger partial charge in [-0.1, -0.05) is 25.4 Å². The van der Waals surface area contributed by atoms with Crippen molar-refractivity contribution >= 4 is 23.3 Å². The van der Waals surface area contributed by atoms with E-state index in [4.69, 9.17) is 16.3 Å². The summed E-state index contributed by atoms with van der Waals surface area (Å²) in [6, 6.07) is 6.70. The first kappa shape index (κ1) is 19.5. The maximum atomic E-state index is 12.0. The predicted octanol–water partition coefficient (Wildman–Crippen LogP) is 2.38. The van der Waals surface area contributed by atoms with Gasteiger partial charge in [0.1, 0.15) is 12.4 Å². The molecule has 6 heteroatoms. The van der Waals surface area contributed by atoms with E-state index in [-0.39, 0.29) is 24.2 Å². The molecule has 128 valence electrons. The van der Waals surface area contributed by atoms with Crippen LogP contribution in [0.2, 0.25) is 5.02 Å². The zero-order valence-electron chi connectivity index (χ0n) is 14.1. The molecule has 5 nitrogen and oxygen atoms in total. The molecule has 0 fully saturated rings. The molecular weight excluding hydrogens is 316 g/mol. The Balaban J connectivity index is 2.32. The lowest BCUT2D eigenvalue weighted by Crippen LogP contribution is -2.47. The molecule has 23 heavy (non-hydrogen) atoms. The highest BCUT2D eigenvalue weighted by atomic mass is 35.5. The number of benzene rings is 1. The highest BCUT2D eigenvalue weighted by Crippen LogP contribution is 2.15. The molecule has 0 aromatic heterocycles. The predicted molar refractivity (Wildman–Crippen MR) is 91.9 cm³/mol. The Labute approximate surface area is 142 Å². The van der Waals surface area contributed by atoms with Crippen LogP contribution in [-0.4, -0.2) is 49.4 Å². The van der Waals surface area contributed by atoms with Crippen LogP contribution in [0.15, 0.2) is 24.3 Å². The fraction of sp³-hybridized carbons (Fsp3) is 0.529. The van der Waals surface area contributed by atoms with Gasteiger partial charge in [0.05, 0.1) is 12.6 Å². The molecule has 0 aliphatic rings. The molecule has 0 heterocycles. The third-order valence-corrected chi connectivity index (χ3v) is 3.64. The number of carbonyl (C=O) groups excluding carboxylic acids is 2. The molecule has 1 aromatic rings. The molecular formula is C17H25ClN2O3. The summed E-state index contributed by atoms with van der Waals surface area (Å²) < 4.78 is 5.58. The molecule has 0 radical (unpaired) electrons. The van der Waals surface area contributed by atoms with Crippen LogP contribution in [0.3, 0.4) is 0 Å². The van der Waals surface area contributed by atoms with Crippen molar-refractivity contribution in [1.29, 1.82) is 0 Å². The first-order valence-electron chi connectivity index (χ1n) is 7.66. The zero-order chi connectivity index (χ0) is 17.4. The van der Waals surface area contributed by atoms with Crippen LogP contribution in [-0.2, 0) is 9.59 Å². The number of carbonyl (C=O) groups is 2. The number of rotatable bonds is 9. The third kappa shape index (κ3) is 7.48. The fourth-order valence-corrected chi connectivity index (χ4v) is 2.26. The molecule has 1 rings (SSSR count). The van der Waals surface area contributed by atoms with Gasteiger partial charge in [0.15, 0.2) is 5.78 Å². The van der Waals surface area contributed by atoms with E-state index in [1.165, 1.54) is 6.92 Å². The van der Waals surface area contributed by atoms with Gasteiger partial charge in [-0.05, 0) is 44.2 Å². The van der Waals surface area contributed by atoms with Crippen LogP contribution in [0, 0.1) is 5.92 Å². The van der Waals surface area contributed by atoms with Crippen LogP contribution in [0.25, 0.3) is 0 Å². The van der Waals surface area contributed by atoms with Crippen molar-refractivity contribution in [1.82, 2.24) is 10.2 Å². The van der Waals surface area contributed by atoms with Crippen molar-refractivity contribution in [3.05, 3.63) is 29.3 Å². The average Bonchev–Trinajstić information content (AvgIpc) is 2.46. The van der Waals surface area contributed by atoms with Crippen LogP contribution in [0.1, 0.15) is 20.8 Å². The quantitative estimate of drug-likeness (QED) is 0.750. The number of nitrogens with zero attached hydrogens (tertiary/aromatic N) is 1. The van der Waals surface area contributed by atoms with E-state index >= 15 is 0 Å². The summed E-state index contributed by atoms with van der Waals surface area (Å²) in [5, 5.41) is 3.44. The molecule has 1 amide bonds. The topological polar surface area (TPSA) is 58.6 Å². The maximum Gasteiger partial charge on any atom is 0.234 e. The van der Waals surface area contributed by atoms with Crippen LogP contribution < -0.4 is 10.1 Å². The number of halogens is 1. The summed E-state index contributed by atoms with van der Waals surface area (Å²) in [6.07, 6.45) is 0. The Morgan fingerprint density at radius 1 is 1.26 bits per heavy atom. The molecule has 0 saturated heterocycles. The van der Waals surface area contributed by atoms with Crippen molar-refractivity contribution in [3.8, 4) is 5.75 Å². The summed E-state index contributed by atoms with van der Waals surface area (Å²) in [5.41, 5.74) is 0. The Kier molecular flexibility index (Phi) is 8.06. The van der Waals surface area contributed by atoms with Crippen LogP contribution in [0.5, 0.6) is 5.75 Å². The number of amides is 1. The van der Waals surface area contributed by atoms with Crippen molar-refractivity contribution in [3.63, 3.8) is 0 Å². The zero-order valence-corrected chi connectivity index (χ0v) is 14.9. The van der Waals surface area contributed by atoms with E-state index in [1.807, 2.05) is 25.8 Å². The number of ether oxygens (including phenoxy) is 1. The number of likely N-dealkylation sites (N-methyl/N-ethyl adjacent to an activating group) is 1. The molecule has 0 bridgehead atoms. The smallest absolute Gasteiger partial charge is 0.234 e. The number of hydrogen-bond acceptors (Lipinski definition) is 4. The fourth-order valence-electron chi connectivity index (χ4n) is 2.13. The number of hydrogen-bond donors (Lipinski definition) is 1. The van der Waals surface area contributed by atoms with E-state index in [1.54, 1.807) is 24.3 Å². The summed E-state index contributed by atoms with van der Waals surface area (Å²) >= 11 is 5.81. The summed E-state index contributed by atoms with van der Waals surface area (Å²) in [7, 11) is 1.84. The number of ketones is 1. The second-order valence-electron chi connectivity index (χ2n) is 5.94. The molecule has 1 unspecified atom stereocenters. The van der Waals surface area contributed by atoms with Crippen molar-refractivity contribution in [2.75, 3.05) is 26.7 Å².